The summed E-state index contributed by atoms with van der Waals surface area (Å²) in [5, 5.41) is 26.1. The number of nitrogens with zero attached hydrogens (tertiary/aromatic N) is 2. The molecule has 25 heavy (non-hydrogen) atoms. The van der Waals surface area contributed by atoms with Crippen LogP contribution in [-0.2, 0) is 9.59 Å². The number of amides is 2. The third-order valence-electron chi connectivity index (χ3n) is 3.61. The lowest BCUT2D eigenvalue weighted by molar-refractivity contribution is -0.145. The summed E-state index contributed by atoms with van der Waals surface area (Å²) in [6.07, 6.45) is -0.0789. The lowest BCUT2D eigenvalue weighted by Gasteiger charge is -2.22. The summed E-state index contributed by atoms with van der Waals surface area (Å²) in [7, 11) is 0. The fourth-order valence-electron chi connectivity index (χ4n) is 1.96. The standard InChI is InChI=1S/C14H23N5O6/c1-4-6(2)10(12-18-11(7(3)15)19-25-12)17-14(24)16-8(13(22)23)5-9(20)21/h6-8,10H,4-5,15H2,1-3H3,(H,20,21)(H,22,23)(H2,16,17,24)/t6?,7-,8-,10-/m0/s1. The minimum absolute atomic E-state index is 0.102. The number of aromatic nitrogens is 2. The summed E-state index contributed by atoms with van der Waals surface area (Å²) in [6.45, 7) is 5.41. The molecule has 0 aliphatic rings. The molecule has 11 heteroatoms. The number of carbonyl (C=O) groups excluding carboxylic acids is 1. The average molecular weight is 357 g/mol. The molecule has 0 aliphatic heterocycles. The Morgan fingerprint density at radius 3 is 2.32 bits per heavy atom. The first-order valence-electron chi connectivity index (χ1n) is 7.76. The Morgan fingerprint density at radius 1 is 1.24 bits per heavy atom. The number of nitrogens with two attached hydrogens (primary N) is 1. The van der Waals surface area contributed by atoms with E-state index in [2.05, 4.69) is 20.8 Å². The maximum atomic E-state index is 12.1. The van der Waals surface area contributed by atoms with Crippen LogP contribution >= 0.6 is 0 Å². The number of urea groups is 1. The number of rotatable bonds is 9. The molecule has 11 nitrogen and oxygen atoms in total. The minimum atomic E-state index is -1.56. The third-order valence-corrected chi connectivity index (χ3v) is 3.61. The van der Waals surface area contributed by atoms with Crippen LogP contribution in [0.3, 0.4) is 0 Å². The molecule has 4 atom stereocenters. The first-order valence-corrected chi connectivity index (χ1v) is 7.76. The molecule has 2 amide bonds. The monoisotopic (exact) mass is 357 g/mol. The summed E-state index contributed by atoms with van der Waals surface area (Å²) in [6, 6.07) is -3.53. The van der Waals surface area contributed by atoms with Crippen molar-refractivity contribution in [1.29, 1.82) is 0 Å². The SMILES string of the molecule is CCC(C)[C@H](NC(=O)N[C@@H](CC(=O)O)C(=O)O)c1nc([C@H](C)N)no1. The molecular weight excluding hydrogens is 334 g/mol. The summed E-state index contributed by atoms with van der Waals surface area (Å²) in [4.78, 5) is 37.9. The lowest BCUT2D eigenvalue weighted by Crippen LogP contribution is -2.48. The highest BCUT2D eigenvalue weighted by atomic mass is 16.5. The molecular formula is C14H23N5O6. The molecule has 0 aliphatic carbocycles. The van der Waals surface area contributed by atoms with Crippen LogP contribution in [-0.4, -0.2) is 44.4 Å². The van der Waals surface area contributed by atoms with Crippen LogP contribution in [0.1, 0.15) is 57.4 Å². The van der Waals surface area contributed by atoms with Crippen molar-refractivity contribution in [3.8, 4) is 0 Å². The lowest BCUT2D eigenvalue weighted by atomic mass is 9.99. The number of carboxylic acids is 2. The fourth-order valence-corrected chi connectivity index (χ4v) is 1.96. The van der Waals surface area contributed by atoms with Crippen LogP contribution in [0.5, 0.6) is 0 Å². The molecule has 1 aromatic heterocycles. The molecule has 1 heterocycles. The number of carbonyl (C=O) groups is 3. The van der Waals surface area contributed by atoms with Gasteiger partial charge in [-0.3, -0.25) is 4.79 Å². The zero-order chi connectivity index (χ0) is 19.1. The third kappa shape index (κ3) is 6.03. The zero-order valence-electron chi connectivity index (χ0n) is 14.2. The molecule has 1 unspecified atom stereocenters. The van der Waals surface area contributed by atoms with Crippen LogP contribution in [0.2, 0.25) is 0 Å². The highest BCUT2D eigenvalue weighted by Crippen LogP contribution is 2.23. The van der Waals surface area contributed by atoms with Crippen molar-refractivity contribution in [3.63, 3.8) is 0 Å². The Hall–Kier alpha value is -2.69. The van der Waals surface area contributed by atoms with Gasteiger partial charge >= 0.3 is 18.0 Å². The maximum absolute atomic E-state index is 12.1. The van der Waals surface area contributed by atoms with Gasteiger partial charge in [0.15, 0.2) is 5.82 Å². The molecule has 0 radical (unpaired) electrons. The average Bonchev–Trinajstić information content (AvgIpc) is 3.00. The van der Waals surface area contributed by atoms with Gasteiger partial charge in [-0.15, -0.1) is 0 Å². The van der Waals surface area contributed by atoms with Crippen LogP contribution < -0.4 is 16.4 Å². The molecule has 1 aromatic rings. The van der Waals surface area contributed by atoms with E-state index in [1.807, 2.05) is 13.8 Å². The van der Waals surface area contributed by atoms with E-state index in [0.717, 1.165) is 0 Å². The largest absolute Gasteiger partial charge is 0.481 e. The van der Waals surface area contributed by atoms with E-state index in [-0.39, 0.29) is 17.6 Å². The number of carboxylic acid groups (broad SMARTS) is 2. The van der Waals surface area contributed by atoms with Crippen LogP contribution in [0.15, 0.2) is 4.52 Å². The highest BCUT2D eigenvalue weighted by Gasteiger charge is 2.29. The maximum Gasteiger partial charge on any atom is 0.326 e. The van der Waals surface area contributed by atoms with Crippen molar-refractivity contribution in [2.45, 2.75) is 51.7 Å². The first-order chi connectivity index (χ1) is 11.6. The molecule has 140 valence electrons. The van der Waals surface area contributed by atoms with Crippen molar-refractivity contribution in [3.05, 3.63) is 11.7 Å². The topological polar surface area (TPSA) is 181 Å². The zero-order valence-corrected chi connectivity index (χ0v) is 14.2. The molecule has 0 spiro atoms. The molecule has 0 fully saturated rings. The Labute approximate surface area is 144 Å². The van der Waals surface area contributed by atoms with Gasteiger partial charge < -0.3 is 31.1 Å². The minimum Gasteiger partial charge on any atom is -0.481 e. The van der Waals surface area contributed by atoms with E-state index >= 15 is 0 Å². The van der Waals surface area contributed by atoms with Gasteiger partial charge in [0.1, 0.15) is 12.1 Å². The second-order valence-corrected chi connectivity index (χ2v) is 5.75. The second kappa shape index (κ2) is 8.97. The number of hydrogen-bond acceptors (Lipinski definition) is 7. The van der Waals surface area contributed by atoms with E-state index in [9.17, 15) is 14.4 Å². The van der Waals surface area contributed by atoms with E-state index in [1.165, 1.54) is 0 Å². The number of hydrogen-bond donors (Lipinski definition) is 5. The molecule has 6 N–H and O–H groups in total. The van der Waals surface area contributed by atoms with Gasteiger partial charge in [0.2, 0.25) is 5.89 Å². The second-order valence-electron chi connectivity index (χ2n) is 5.75. The Balaban J connectivity index is 2.88. The molecule has 0 aromatic carbocycles. The van der Waals surface area contributed by atoms with Crippen molar-refractivity contribution >= 4 is 18.0 Å². The van der Waals surface area contributed by atoms with Crippen molar-refractivity contribution in [2.24, 2.45) is 11.7 Å². The quantitative estimate of drug-likeness (QED) is 0.418. The van der Waals surface area contributed by atoms with Gasteiger partial charge in [0.05, 0.1) is 12.5 Å². The number of nitrogens with one attached hydrogen (secondary N) is 2. The van der Waals surface area contributed by atoms with Crippen LogP contribution in [0.4, 0.5) is 4.79 Å². The molecule has 1 rings (SSSR count). The van der Waals surface area contributed by atoms with E-state index in [0.29, 0.717) is 6.42 Å². The van der Waals surface area contributed by atoms with Crippen molar-refractivity contribution < 1.29 is 29.1 Å². The van der Waals surface area contributed by atoms with Crippen molar-refractivity contribution in [1.82, 2.24) is 20.8 Å². The predicted molar refractivity (Wildman–Crippen MR) is 84.4 cm³/mol. The molecule has 0 saturated carbocycles. The normalized spacial score (nSPS) is 15.7. The van der Waals surface area contributed by atoms with Gasteiger partial charge in [0, 0.05) is 0 Å². The smallest absolute Gasteiger partial charge is 0.326 e. The van der Waals surface area contributed by atoms with Crippen molar-refractivity contribution in [2.75, 3.05) is 0 Å². The predicted octanol–water partition coefficient (Wildman–Crippen LogP) is 0.404. The van der Waals surface area contributed by atoms with Crippen LogP contribution in [0, 0.1) is 5.92 Å². The van der Waals surface area contributed by atoms with Crippen LogP contribution in [0.25, 0.3) is 0 Å². The Morgan fingerprint density at radius 2 is 1.88 bits per heavy atom. The molecule has 0 bridgehead atoms. The van der Waals surface area contributed by atoms with Gasteiger partial charge in [-0.1, -0.05) is 25.4 Å². The molecule has 0 saturated heterocycles. The van der Waals surface area contributed by atoms with Gasteiger partial charge in [0.25, 0.3) is 0 Å². The van der Waals surface area contributed by atoms with E-state index < -0.39 is 42.5 Å². The van der Waals surface area contributed by atoms with Gasteiger partial charge in [-0.2, -0.15) is 4.98 Å². The van der Waals surface area contributed by atoms with E-state index in [4.69, 9.17) is 20.5 Å². The summed E-state index contributed by atoms with van der Waals surface area (Å²) >= 11 is 0. The van der Waals surface area contributed by atoms with Gasteiger partial charge in [-0.25, -0.2) is 9.59 Å². The summed E-state index contributed by atoms with van der Waals surface area (Å²) < 4.78 is 5.13. The highest BCUT2D eigenvalue weighted by molar-refractivity contribution is 5.86. The Kier molecular flexibility index (Phi) is 7.30. The van der Waals surface area contributed by atoms with E-state index in [1.54, 1.807) is 6.92 Å². The summed E-state index contributed by atoms with van der Waals surface area (Å²) in [5.41, 5.74) is 5.68. The fraction of sp³-hybridized carbons (Fsp3) is 0.643. The first kappa shape index (κ1) is 20.4. The number of aliphatic carboxylic acids is 2. The summed E-state index contributed by atoms with van der Waals surface area (Å²) in [5.74, 6) is -2.48. The Bertz CT molecular complexity index is 617. The van der Waals surface area contributed by atoms with Gasteiger partial charge in [-0.05, 0) is 12.8 Å².